The number of phenolic OH excluding ortho intramolecular Hbond substituents is 1. The molecule has 3 nitrogen and oxygen atoms in total. The van der Waals surface area contributed by atoms with Gasteiger partial charge in [0.05, 0.1) is 6.04 Å². The lowest BCUT2D eigenvalue weighted by atomic mass is 10.1. The van der Waals surface area contributed by atoms with Crippen molar-refractivity contribution in [3.63, 3.8) is 0 Å². The van der Waals surface area contributed by atoms with Crippen molar-refractivity contribution < 1.29 is 9.90 Å². The highest BCUT2D eigenvalue weighted by molar-refractivity contribution is 5.78. The van der Waals surface area contributed by atoms with Crippen molar-refractivity contribution >= 4 is 5.91 Å². The monoisotopic (exact) mass is 207 g/mol. The number of aromatic hydroxyl groups is 1. The second kappa shape index (κ2) is 4.82. The van der Waals surface area contributed by atoms with E-state index in [9.17, 15) is 9.90 Å². The van der Waals surface area contributed by atoms with Gasteiger partial charge in [-0.15, -0.1) is 0 Å². The minimum atomic E-state index is -0.166. The molecule has 1 atom stereocenters. The van der Waals surface area contributed by atoms with Gasteiger partial charge in [-0.2, -0.15) is 0 Å². The van der Waals surface area contributed by atoms with Gasteiger partial charge in [-0.3, -0.25) is 4.79 Å². The molecule has 1 unspecified atom stereocenters. The summed E-state index contributed by atoms with van der Waals surface area (Å²) in [6.45, 7) is 5.54. The Morgan fingerprint density at radius 1 is 1.27 bits per heavy atom. The number of carbonyl (C=O) groups is 1. The first-order valence-electron chi connectivity index (χ1n) is 5.10. The summed E-state index contributed by atoms with van der Waals surface area (Å²) >= 11 is 0. The predicted molar refractivity (Wildman–Crippen MR) is 59.5 cm³/mol. The Morgan fingerprint density at radius 3 is 2.40 bits per heavy atom. The van der Waals surface area contributed by atoms with E-state index in [1.165, 1.54) is 0 Å². The minimum Gasteiger partial charge on any atom is -0.508 e. The minimum absolute atomic E-state index is 0.00856. The standard InChI is InChI=1S/C12H17NO2/c1-8(2)12(15)13-9(3)10-6-4-5-7-11(10)14/h4-9,14H,1-3H3,(H,13,15). The number of amides is 1. The molecule has 0 saturated carbocycles. The molecule has 1 aromatic rings. The molecule has 0 heterocycles. The van der Waals surface area contributed by atoms with Crippen LogP contribution in [0.15, 0.2) is 24.3 Å². The fourth-order valence-corrected chi connectivity index (χ4v) is 1.31. The van der Waals surface area contributed by atoms with Crippen LogP contribution in [0.2, 0.25) is 0 Å². The van der Waals surface area contributed by atoms with Gasteiger partial charge in [-0.1, -0.05) is 32.0 Å². The Bertz CT molecular complexity index is 347. The molecule has 0 aliphatic carbocycles. The normalized spacial score (nSPS) is 12.5. The average molecular weight is 207 g/mol. The van der Waals surface area contributed by atoms with Gasteiger partial charge in [-0.25, -0.2) is 0 Å². The highest BCUT2D eigenvalue weighted by Gasteiger charge is 2.14. The van der Waals surface area contributed by atoms with Crippen LogP contribution in [0.5, 0.6) is 5.75 Å². The van der Waals surface area contributed by atoms with Crippen molar-refractivity contribution in [2.24, 2.45) is 5.92 Å². The molecule has 0 aliphatic heterocycles. The van der Waals surface area contributed by atoms with E-state index < -0.39 is 0 Å². The van der Waals surface area contributed by atoms with Gasteiger partial charge < -0.3 is 10.4 Å². The maximum atomic E-state index is 11.4. The molecule has 3 heteroatoms. The number of nitrogens with one attached hydrogen (secondary N) is 1. The van der Waals surface area contributed by atoms with Crippen LogP contribution in [0.25, 0.3) is 0 Å². The summed E-state index contributed by atoms with van der Waals surface area (Å²) in [5.74, 6) is 0.165. The van der Waals surface area contributed by atoms with E-state index in [-0.39, 0.29) is 23.6 Å². The maximum Gasteiger partial charge on any atom is 0.223 e. The SMILES string of the molecule is CC(C)C(=O)NC(C)c1ccccc1O. The summed E-state index contributed by atoms with van der Waals surface area (Å²) < 4.78 is 0. The van der Waals surface area contributed by atoms with Gasteiger partial charge >= 0.3 is 0 Å². The number of benzene rings is 1. The zero-order valence-electron chi connectivity index (χ0n) is 9.32. The Morgan fingerprint density at radius 2 is 1.87 bits per heavy atom. The molecule has 0 bridgehead atoms. The van der Waals surface area contributed by atoms with Crippen LogP contribution >= 0.6 is 0 Å². The summed E-state index contributed by atoms with van der Waals surface area (Å²) in [6, 6.07) is 6.86. The zero-order valence-corrected chi connectivity index (χ0v) is 9.32. The van der Waals surface area contributed by atoms with Gasteiger partial charge in [0.2, 0.25) is 5.91 Å². The van der Waals surface area contributed by atoms with Crippen molar-refractivity contribution in [3.05, 3.63) is 29.8 Å². The van der Waals surface area contributed by atoms with Crippen molar-refractivity contribution in [2.75, 3.05) is 0 Å². The van der Waals surface area contributed by atoms with E-state index in [1.54, 1.807) is 18.2 Å². The molecule has 0 saturated heterocycles. The first-order valence-corrected chi connectivity index (χ1v) is 5.10. The molecule has 0 fully saturated rings. The van der Waals surface area contributed by atoms with Gasteiger partial charge in [0.25, 0.3) is 0 Å². The molecule has 82 valence electrons. The number of hydrogen-bond donors (Lipinski definition) is 2. The van der Waals surface area contributed by atoms with Crippen LogP contribution in [-0.2, 0) is 4.79 Å². The molecular formula is C12H17NO2. The molecule has 15 heavy (non-hydrogen) atoms. The maximum absolute atomic E-state index is 11.4. The topological polar surface area (TPSA) is 49.3 Å². The summed E-state index contributed by atoms with van der Waals surface area (Å²) in [5, 5.41) is 12.4. The molecule has 1 rings (SSSR count). The largest absolute Gasteiger partial charge is 0.508 e. The van der Waals surface area contributed by atoms with Gasteiger partial charge in [0, 0.05) is 11.5 Å². The molecule has 1 amide bonds. The molecule has 0 radical (unpaired) electrons. The quantitative estimate of drug-likeness (QED) is 0.798. The van der Waals surface area contributed by atoms with E-state index in [4.69, 9.17) is 0 Å². The van der Waals surface area contributed by atoms with E-state index in [2.05, 4.69) is 5.32 Å². The van der Waals surface area contributed by atoms with Crippen molar-refractivity contribution in [1.82, 2.24) is 5.32 Å². The van der Waals surface area contributed by atoms with Crippen molar-refractivity contribution in [3.8, 4) is 5.75 Å². The number of carbonyl (C=O) groups excluding carboxylic acids is 1. The van der Waals surface area contributed by atoms with Crippen LogP contribution in [0.3, 0.4) is 0 Å². The first kappa shape index (κ1) is 11.6. The predicted octanol–water partition coefficient (Wildman–Crippen LogP) is 2.23. The van der Waals surface area contributed by atoms with Crippen LogP contribution in [0, 0.1) is 5.92 Å². The van der Waals surface area contributed by atoms with Crippen LogP contribution in [0.4, 0.5) is 0 Å². The lowest BCUT2D eigenvalue weighted by Gasteiger charge is -2.16. The second-order valence-corrected chi connectivity index (χ2v) is 3.94. The summed E-state index contributed by atoms with van der Waals surface area (Å²) in [4.78, 5) is 11.4. The van der Waals surface area contributed by atoms with E-state index >= 15 is 0 Å². The van der Waals surface area contributed by atoms with Crippen LogP contribution in [-0.4, -0.2) is 11.0 Å². The second-order valence-electron chi connectivity index (χ2n) is 3.94. The van der Waals surface area contributed by atoms with Crippen molar-refractivity contribution in [1.29, 1.82) is 0 Å². The Labute approximate surface area is 90.1 Å². The smallest absolute Gasteiger partial charge is 0.223 e. The van der Waals surface area contributed by atoms with E-state index in [1.807, 2.05) is 26.8 Å². The molecule has 0 spiro atoms. The Kier molecular flexibility index (Phi) is 3.72. The third-order valence-electron chi connectivity index (χ3n) is 2.29. The third kappa shape index (κ3) is 2.98. The highest BCUT2D eigenvalue weighted by atomic mass is 16.3. The third-order valence-corrected chi connectivity index (χ3v) is 2.29. The summed E-state index contributed by atoms with van der Waals surface area (Å²) in [5.41, 5.74) is 0.742. The number of phenols is 1. The highest BCUT2D eigenvalue weighted by Crippen LogP contribution is 2.23. The molecule has 1 aromatic carbocycles. The lowest BCUT2D eigenvalue weighted by Crippen LogP contribution is -2.30. The summed E-state index contributed by atoms with van der Waals surface area (Å²) in [7, 11) is 0. The van der Waals surface area contributed by atoms with Gasteiger partial charge in [-0.05, 0) is 13.0 Å². The van der Waals surface area contributed by atoms with Crippen LogP contribution in [0.1, 0.15) is 32.4 Å². The fourth-order valence-electron chi connectivity index (χ4n) is 1.31. The number of hydrogen-bond acceptors (Lipinski definition) is 2. The van der Waals surface area contributed by atoms with E-state index in [0.29, 0.717) is 0 Å². The fraction of sp³-hybridized carbons (Fsp3) is 0.417. The number of para-hydroxylation sites is 1. The van der Waals surface area contributed by atoms with Crippen LogP contribution < -0.4 is 5.32 Å². The molecule has 0 aliphatic rings. The molecule has 2 N–H and O–H groups in total. The Hall–Kier alpha value is -1.51. The van der Waals surface area contributed by atoms with Crippen molar-refractivity contribution in [2.45, 2.75) is 26.8 Å². The number of rotatable bonds is 3. The lowest BCUT2D eigenvalue weighted by molar-refractivity contribution is -0.124. The first-order chi connectivity index (χ1) is 7.02. The van der Waals surface area contributed by atoms with Gasteiger partial charge in [0.15, 0.2) is 0 Å². The summed E-state index contributed by atoms with van der Waals surface area (Å²) in [6.07, 6.45) is 0. The zero-order chi connectivity index (χ0) is 11.4. The Balaban J connectivity index is 2.73. The van der Waals surface area contributed by atoms with E-state index in [0.717, 1.165) is 5.56 Å². The molecule has 0 aromatic heterocycles. The average Bonchev–Trinajstić information content (AvgIpc) is 2.18. The van der Waals surface area contributed by atoms with Gasteiger partial charge in [0.1, 0.15) is 5.75 Å². The molecular weight excluding hydrogens is 190 g/mol.